The molecule has 0 aliphatic carbocycles. The smallest absolute Gasteiger partial charge is 0.410 e. The highest BCUT2D eigenvalue weighted by Gasteiger charge is 2.31. The van der Waals surface area contributed by atoms with Gasteiger partial charge < -0.3 is 9.84 Å². The molecule has 0 aromatic heterocycles. The van der Waals surface area contributed by atoms with E-state index in [0.717, 1.165) is 16.5 Å². The quantitative estimate of drug-likeness (QED) is 0.919. The molecule has 0 aliphatic rings. The second-order valence-electron chi connectivity index (χ2n) is 4.91. The number of hydrogen-bond donors (Lipinski definition) is 1. The fourth-order valence-electron chi connectivity index (χ4n) is 2.13. The van der Waals surface area contributed by atoms with Crippen LogP contribution in [-0.2, 0) is 16.1 Å². The van der Waals surface area contributed by atoms with Gasteiger partial charge in [0.25, 0.3) is 0 Å². The molecular weight excluding hydrogens is 301 g/mol. The number of carbonyl (C=O) groups excluding carboxylic acids is 1. The lowest BCUT2D eigenvalue weighted by Crippen LogP contribution is -2.36. The SMILES string of the molecule is CN(C(=O)OCc1ccccc1)C(C(=O)O)c1ccccc1F. The summed E-state index contributed by atoms with van der Waals surface area (Å²) in [4.78, 5) is 24.4. The van der Waals surface area contributed by atoms with Crippen molar-refractivity contribution in [1.82, 2.24) is 4.90 Å². The van der Waals surface area contributed by atoms with E-state index in [0.29, 0.717) is 0 Å². The lowest BCUT2D eigenvalue weighted by Gasteiger charge is -2.24. The van der Waals surface area contributed by atoms with Gasteiger partial charge in [-0.3, -0.25) is 4.90 Å². The molecule has 1 atom stereocenters. The molecule has 23 heavy (non-hydrogen) atoms. The Hall–Kier alpha value is -2.89. The van der Waals surface area contributed by atoms with Crippen LogP contribution in [0.5, 0.6) is 0 Å². The van der Waals surface area contributed by atoms with Crippen molar-refractivity contribution >= 4 is 12.1 Å². The number of carboxylic acids is 1. The van der Waals surface area contributed by atoms with Crippen LogP contribution in [0.25, 0.3) is 0 Å². The molecule has 0 spiro atoms. The van der Waals surface area contributed by atoms with Gasteiger partial charge in [-0.2, -0.15) is 0 Å². The predicted molar refractivity (Wildman–Crippen MR) is 81.2 cm³/mol. The monoisotopic (exact) mass is 317 g/mol. The highest BCUT2D eigenvalue weighted by molar-refractivity contribution is 5.81. The lowest BCUT2D eigenvalue weighted by molar-refractivity contribution is -0.142. The third-order valence-electron chi connectivity index (χ3n) is 3.31. The third kappa shape index (κ3) is 4.06. The third-order valence-corrected chi connectivity index (χ3v) is 3.31. The zero-order valence-electron chi connectivity index (χ0n) is 12.5. The van der Waals surface area contributed by atoms with Crippen LogP contribution >= 0.6 is 0 Å². The van der Waals surface area contributed by atoms with Gasteiger partial charge >= 0.3 is 12.1 Å². The number of benzene rings is 2. The number of hydrogen-bond acceptors (Lipinski definition) is 3. The fourth-order valence-corrected chi connectivity index (χ4v) is 2.13. The number of carbonyl (C=O) groups is 2. The van der Waals surface area contributed by atoms with E-state index in [1.807, 2.05) is 6.07 Å². The minimum absolute atomic E-state index is 0.00756. The molecule has 2 aromatic carbocycles. The Morgan fingerprint density at radius 2 is 1.74 bits per heavy atom. The second-order valence-corrected chi connectivity index (χ2v) is 4.91. The number of rotatable bonds is 5. The van der Waals surface area contributed by atoms with E-state index in [1.54, 1.807) is 24.3 Å². The Labute approximate surface area is 132 Å². The number of halogens is 1. The first-order valence-electron chi connectivity index (χ1n) is 6.91. The van der Waals surface area contributed by atoms with Crippen LogP contribution in [0.4, 0.5) is 9.18 Å². The van der Waals surface area contributed by atoms with Crippen molar-refractivity contribution in [2.75, 3.05) is 7.05 Å². The van der Waals surface area contributed by atoms with E-state index in [4.69, 9.17) is 4.74 Å². The Bertz CT molecular complexity index is 690. The summed E-state index contributed by atoms with van der Waals surface area (Å²) in [5.74, 6) is -2.03. The number of ether oxygens (including phenoxy) is 1. The molecule has 0 heterocycles. The summed E-state index contributed by atoms with van der Waals surface area (Å²) < 4.78 is 18.9. The molecule has 1 amide bonds. The molecule has 6 heteroatoms. The molecule has 2 aromatic rings. The van der Waals surface area contributed by atoms with Gasteiger partial charge in [-0.25, -0.2) is 14.0 Å². The van der Waals surface area contributed by atoms with E-state index in [9.17, 15) is 19.1 Å². The zero-order chi connectivity index (χ0) is 16.8. The Balaban J connectivity index is 2.12. The molecule has 120 valence electrons. The van der Waals surface area contributed by atoms with Crippen LogP contribution in [-0.4, -0.2) is 29.1 Å². The fraction of sp³-hybridized carbons (Fsp3) is 0.176. The van der Waals surface area contributed by atoms with Gasteiger partial charge in [0, 0.05) is 12.6 Å². The van der Waals surface area contributed by atoms with Crippen molar-refractivity contribution < 1.29 is 23.8 Å². The summed E-state index contributed by atoms with van der Waals surface area (Å²) in [6.45, 7) is 0.00756. The van der Waals surface area contributed by atoms with E-state index in [1.165, 1.54) is 25.2 Å². The van der Waals surface area contributed by atoms with Crippen molar-refractivity contribution in [2.24, 2.45) is 0 Å². The van der Waals surface area contributed by atoms with E-state index in [2.05, 4.69) is 0 Å². The maximum Gasteiger partial charge on any atom is 0.410 e. The second kappa shape index (κ2) is 7.40. The van der Waals surface area contributed by atoms with Crippen LogP contribution in [0.15, 0.2) is 54.6 Å². The molecule has 1 unspecified atom stereocenters. The van der Waals surface area contributed by atoms with Gasteiger partial charge in [0.1, 0.15) is 12.4 Å². The van der Waals surface area contributed by atoms with Gasteiger partial charge in [0.2, 0.25) is 0 Å². The van der Waals surface area contributed by atoms with E-state index < -0.39 is 23.9 Å². The highest BCUT2D eigenvalue weighted by Crippen LogP contribution is 2.23. The summed E-state index contributed by atoms with van der Waals surface area (Å²) in [5.41, 5.74) is 0.672. The molecule has 2 rings (SSSR count). The average molecular weight is 317 g/mol. The molecule has 0 aliphatic heterocycles. The maximum absolute atomic E-state index is 13.8. The van der Waals surface area contributed by atoms with Crippen molar-refractivity contribution in [1.29, 1.82) is 0 Å². The number of nitrogens with zero attached hydrogens (tertiary/aromatic N) is 1. The zero-order valence-corrected chi connectivity index (χ0v) is 12.5. The standard InChI is InChI=1S/C17H16FNO4/c1-19(17(22)23-11-12-7-3-2-4-8-12)15(16(20)21)13-9-5-6-10-14(13)18/h2-10,15H,11H2,1H3,(H,20,21). The van der Waals surface area contributed by atoms with E-state index >= 15 is 0 Å². The first kappa shape index (κ1) is 16.5. The van der Waals surface area contributed by atoms with Crippen molar-refractivity contribution in [2.45, 2.75) is 12.6 Å². The predicted octanol–water partition coefficient (Wildman–Crippen LogP) is 3.22. The van der Waals surface area contributed by atoms with Crippen LogP contribution in [0.2, 0.25) is 0 Å². The van der Waals surface area contributed by atoms with Gasteiger partial charge in [-0.1, -0.05) is 48.5 Å². The minimum Gasteiger partial charge on any atom is -0.479 e. The summed E-state index contributed by atoms with van der Waals surface area (Å²) in [6, 6.07) is 13.0. The topological polar surface area (TPSA) is 66.8 Å². The molecular formula is C17H16FNO4. The Kier molecular flexibility index (Phi) is 5.30. The summed E-state index contributed by atoms with van der Waals surface area (Å²) in [7, 11) is 1.26. The first-order chi connectivity index (χ1) is 11.0. The van der Waals surface area contributed by atoms with Gasteiger partial charge in [-0.05, 0) is 11.6 Å². The highest BCUT2D eigenvalue weighted by atomic mass is 19.1. The number of aliphatic carboxylic acids is 1. The van der Waals surface area contributed by atoms with Gasteiger partial charge in [-0.15, -0.1) is 0 Å². The van der Waals surface area contributed by atoms with Crippen LogP contribution in [0.3, 0.4) is 0 Å². The number of likely N-dealkylation sites (N-methyl/N-ethyl adjacent to an activating group) is 1. The van der Waals surface area contributed by atoms with Crippen molar-refractivity contribution in [3.8, 4) is 0 Å². The average Bonchev–Trinajstić information content (AvgIpc) is 2.55. The van der Waals surface area contributed by atoms with Gasteiger partial charge in [0.15, 0.2) is 6.04 Å². The summed E-state index contributed by atoms with van der Waals surface area (Å²) >= 11 is 0. The van der Waals surface area contributed by atoms with Crippen LogP contribution in [0, 0.1) is 5.82 Å². The summed E-state index contributed by atoms with van der Waals surface area (Å²) in [6.07, 6.45) is -0.843. The first-order valence-corrected chi connectivity index (χ1v) is 6.91. The largest absolute Gasteiger partial charge is 0.479 e. The Morgan fingerprint density at radius 3 is 2.35 bits per heavy atom. The Morgan fingerprint density at radius 1 is 1.13 bits per heavy atom. The maximum atomic E-state index is 13.8. The van der Waals surface area contributed by atoms with Crippen molar-refractivity contribution in [3.63, 3.8) is 0 Å². The molecule has 5 nitrogen and oxygen atoms in total. The molecule has 0 radical (unpaired) electrons. The summed E-state index contributed by atoms with van der Waals surface area (Å²) in [5, 5.41) is 9.34. The van der Waals surface area contributed by atoms with Crippen LogP contribution in [0.1, 0.15) is 17.2 Å². The molecule has 0 saturated carbocycles. The molecule has 0 bridgehead atoms. The van der Waals surface area contributed by atoms with E-state index in [-0.39, 0.29) is 12.2 Å². The van der Waals surface area contributed by atoms with Gasteiger partial charge in [0.05, 0.1) is 0 Å². The molecule has 0 saturated heterocycles. The van der Waals surface area contributed by atoms with Crippen molar-refractivity contribution in [3.05, 3.63) is 71.5 Å². The number of amides is 1. The molecule has 0 fully saturated rings. The number of carboxylic acid groups (broad SMARTS) is 1. The normalized spacial score (nSPS) is 11.6. The molecule has 1 N–H and O–H groups in total. The van der Waals surface area contributed by atoms with Crippen LogP contribution < -0.4 is 0 Å². The lowest BCUT2D eigenvalue weighted by atomic mass is 10.1. The minimum atomic E-state index is -1.46.